The first kappa shape index (κ1) is 42.0. The van der Waals surface area contributed by atoms with E-state index in [1.54, 1.807) is 36.4 Å². The molecule has 0 radical (unpaired) electrons. The van der Waals surface area contributed by atoms with Crippen molar-refractivity contribution in [1.29, 1.82) is 0 Å². The summed E-state index contributed by atoms with van der Waals surface area (Å²) in [4.78, 5) is 29.9. The number of anilines is 2. The number of aliphatic hydroxyl groups is 2. The largest absolute Gasteiger partial charge is 0.493 e. The average molecular weight is 898 g/mol. The van der Waals surface area contributed by atoms with Crippen molar-refractivity contribution >= 4 is 34.8 Å². The maximum atomic E-state index is 12.5. The number of hydrogen-bond donors (Lipinski definition) is 5. The minimum atomic E-state index is -2.58. The normalized spacial score (nSPS) is 17.1. The van der Waals surface area contributed by atoms with Gasteiger partial charge in [0, 0.05) is 76.8 Å². The highest BCUT2D eigenvalue weighted by molar-refractivity contribution is 6.29. The molecule has 344 valence electrons. The van der Waals surface area contributed by atoms with Gasteiger partial charge in [0.25, 0.3) is 0 Å². The number of β-amino-alcohol motifs (C(OH)–C–C–N with tert-alkyl or cyclic N) is 2. The number of aliphatic hydroxyl groups excluding tert-OH is 2. The standard InChI is InChI=1S/C24H33N3O4.C14H22N2O3.C10H12ClNO/c1-18-7-6-8-19(2)24(18)25-23(29)16-27-13-11-26(12-14-27)15-20(28)17-31-22-10-5-4-9-21(22)30-3;1-18-13-4-2-3-5-14(13)19-11-12(17)10-16-8-6-15-7-9-16;1-7-4-3-5-8(2)10(7)12-9(13)6-11/h4-10,20,28H,11-17H2,1-3H3,(H,25,29);2-5,12,15,17H,6-11H2,1H3;3-5H,6H2,1-2H3,(H,12,13)/i3D3;1D3;. The minimum absolute atomic E-state index is 0.00618. The Kier molecular flexibility index (Phi) is 18.2. The number of carbonyl (C=O) groups excluding carboxylic acids is 2. The molecule has 5 N–H and O–H groups in total. The zero-order chi connectivity index (χ0) is 50.6. The fraction of sp³-hybridized carbons (Fsp3) is 0.458. The third-order valence-electron chi connectivity index (χ3n) is 10.4. The topological polar surface area (TPSA) is 157 Å². The molecule has 2 atom stereocenters. The molecule has 2 aliphatic rings. The number of carbonyl (C=O) groups is 2. The highest BCUT2D eigenvalue weighted by Gasteiger charge is 2.22. The first-order valence-electron chi connectivity index (χ1n) is 24.0. The van der Waals surface area contributed by atoms with E-state index >= 15 is 0 Å². The number of ether oxygens (including phenoxy) is 4. The maximum absolute atomic E-state index is 12.5. The molecular weight excluding hydrogens is 824 g/mol. The Bertz CT molecular complexity index is 2170. The van der Waals surface area contributed by atoms with Gasteiger partial charge in [-0.1, -0.05) is 60.7 Å². The lowest BCUT2D eigenvalue weighted by Crippen LogP contribution is -2.50. The monoisotopic (exact) mass is 897 g/mol. The number of hydrogen-bond acceptors (Lipinski definition) is 12. The van der Waals surface area contributed by atoms with Crippen LogP contribution in [0.15, 0.2) is 84.9 Å². The number of nitrogens with zero attached hydrogens (tertiary/aromatic N) is 3. The minimum Gasteiger partial charge on any atom is -0.493 e. The van der Waals surface area contributed by atoms with Crippen LogP contribution in [0.2, 0.25) is 0 Å². The van der Waals surface area contributed by atoms with E-state index in [-0.39, 0.29) is 48.2 Å². The molecule has 2 unspecified atom stereocenters. The van der Waals surface area contributed by atoms with Gasteiger partial charge < -0.3 is 45.1 Å². The quantitative estimate of drug-likeness (QED) is 0.0893. The van der Waals surface area contributed by atoms with Crippen LogP contribution in [0.4, 0.5) is 11.4 Å². The molecule has 15 heteroatoms. The Balaban J connectivity index is 0.000000252. The zero-order valence-electron chi connectivity index (χ0n) is 42.7. The predicted octanol–water partition coefficient (Wildman–Crippen LogP) is 5.13. The number of nitrogens with one attached hydrogen (secondary N) is 3. The average Bonchev–Trinajstić information content (AvgIpc) is 3.29. The van der Waals surface area contributed by atoms with Crippen LogP contribution in [-0.4, -0.2) is 154 Å². The van der Waals surface area contributed by atoms with Gasteiger partial charge in [0.2, 0.25) is 11.8 Å². The lowest BCUT2D eigenvalue weighted by molar-refractivity contribution is -0.118. The number of halogens is 1. The van der Waals surface area contributed by atoms with Gasteiger partial charge in [-0.15, -0.1) is 11.6 Å². The summed E-state index contributed by atoms with van der Waals surface area (Å²) in [5, 5.41) is 29.5. The molecule has 2 fully saturated rings. The van der Waals surface area contributed by atoms with Crippen LogP contribution in [0.1, 0.15) is 30.5 Å². The first-order valence-corrected chi connectivity index (χ1v) is 21.6. The molecule has 4 aromatic rings. The van der Waals surface area contributed by atoms with E-state index in [0.29, 0.717) is 25.4 Å². The van der Waals surface area contributed by atoms with Crippen LogP contribution in [-0.2, 0) is 9.59 Å². The Labute approximate surface area is 386 Å². The molecule has 63 heavy (non-hydrogen) atoms. The number of benzene rings is 4. The number of amides is 2. The second-order valence-electron chi connectivity index (χ2n) is 15.4. The van der Waals surface area contributed by atoms with E-state index in [1.807, 2.05) is 64.1 Å². The molecule has 2 amide bonds. The Morgan fingerprint density at radius 1 is 0.619 bits per heavy atom. The van der Waals surface area contributed by atoms with Gasteiger partial charge in [0.05, 0.1) is 28.8 Å². The van der Waals surface area contributed by atoms with Gasteiger partial charge in [-0.25, -0.2) is 0 Å². The molecule has 0 bridgehead atoms. The molecule has 2 aliphatic heterocycles. The van der Waals surface area contributed by atoms with Crippen molar-refractivity contribution in [2.75, 3.05) is 116 Å². The van der Waals surface area contributed by atoms with Crippen molar-refractivity contribution in [3.05, 3.63) is 107 Å². The van der Waals surface area contributed by atoms with Gasteiger partial charge in [0.15, 0.2) is 23.0 Å². The second kappa shape index (κ2) is 27.3. The smallest absolute Gasteiger partial charge is 0.239 e. The Morgan fingerprint density at radius 3 is 1.44 bits per heavy atom. The van der Waals surface area contributed by atoms with Crippen molar-refractivity contribution in [3.8, 4) is 23.0 Å². The summed E-state index contributed by atoms with van der Waals surface area (Å²) in [7, 11) is -5.10. The summed E-state index contributed by atoms with van der Waals surface area (Å²) < 4.78 is 64.2. The molecule has 4 aromatic carbocycles. The maximum Gasteiger partial charge on any atom is 0.239 e. The lowest BCUT2D eigenvalue weighted by atomic mass is 10.1. The number of methoxy groups -OCH3 is 2. The molecule has 0 aliphatic carbocycles. The highest BCUT2D eigenvalue weighted by atomic mass is 35.5. The SMILES string of the molecule is Cc1cccc(C)c1NC(=O)CCl.[2H]C([2H])([2H])Oc1ccccc1OCC(O)CN1CCN(CC(=O)Nc2c(C)cccc2C)CC1.[2H]C([2H])([2H])Oc1ccccc1OCC(O)CN1CCNCC1. The molecule has 0 aromatic heterocycles. The molecule has 0 spiro atoms. The summed E-state index contributed by atoms with van der Waals surface area (Å²) >= 11 is 5.39. The van der Waals surface area contributed by atoms with Crippen molar-refractivity contribution in [3.63, 3.8) is 0 Å². The van der Waals surface area contributed by atoms with Crippen molar-refractivity contribution in [2.24, 2.45) is 0 Å². The molecule has 2 heterocycles. The summed E-state index contributed by atoms with van der Waals surface area (Å²) in [5.74, 6) is 0.652. The summed E-state index contributed by atoms with van der Waals surface area (Å²) in [6.07, 6.45) is -1.39. The highest BCUT2D eigenvalue weighted by Crippen LogP contribution is 2.27. The van der Waals surface area contributed by atoms with E-state index in [1.165, 1.54) is 12.1 Å². The Morgan fingerprint density at radius 2 is 1.02 bits per heavy atom. The van der Waals surface area contributed by atoms with Crippen molar-refractivity contribution in [1.82, 2.24) is 20.0 Å². The molecule has 6 rings (SSSR count). The third kappa shape index (κ3) is 17.6. The van der Waals surface area contributed by atoms with E-state index in [2.05, 4.69) is 30.7 Å². The summed E-state index contributed by atoms with van der Waals surface area (Å²) in [5.41, 5.74) is 5.94. The van der Waals surface area contributed by atoms with Crippen LogP contribution < -0.4 is 34.9 Å². The lowest BCUT2D eigenvalue weighted by Gasteiger charge is -2.35. The van der Waals surface area contributed by atoms with Crippen LogP contribution in [0.25, 0.3) is 0 Å². The van der Waals surface area contributed by atoms with Gasteiger partial charge in [0.1, 0.15) is 31.3 Å². The van der Waals surface area contributed by atoms with Gasteiger partial charge in [-0.2, -0.15) is 0 Å². The van der Waals surface area contributed by atoms with E-state index in [4.69, 9.17) is 38.8 Å². The van der Waals surface area contributed by atoms with Crippen molar-refractivity contribution < 1.29 is 47.0 Å². The Hall–Kier alpha value is -4.93. The van der Waals surface area contributed by atoms with Crippen LogP contribution in [0.5, 0.6) is 23.0 Å². The number of aryl methyl sites for hydroxylation is 4. The van der Waals surface area contributed by atoms with Gasteiger partial charge in [-0.3, -0.25) is 24.3 Å². The predicted molar refractivity (Wildman–Crippen MR) is 251 cm³/mol. The van der Waals surface area contributed by atoms with Crippen LogP contribution in [0.3, 0.4) is 0 Å². The summed E-state index contributed by atoms with van der Waals surface area (Å²) in [6, 6.07) is 24.9. The summed E-state index contributed by atoms with van der Waals surface area (Å²) in [6.45, 7) is 15.8. The van der Waals surface area contributed by atoms with E-state index < -0.39 is 26.3 Å². The molecule has 0 saturated carbocycles. The van der Waals surface area contributed by atoms with E-state index in [0.717, 1.165) is 86.0 Å². The molecule has 14 nitrogen and oxygen atoms in total. The van der Waals surface area contributed by atoms with Gasteiger partial charge >= 0.3 is 0 Å². The van der Waals surface area contributed by atoms with Gasteiger partial charge in [-0.05, 0) is 74.2 Å². The number of rotatable bonds is 17. The second-order valence-corrected chi connectivity index (χ2v) is 15.7. The number of piperazine rings is 2. The van der Waals surface area contributed by atoms with E-state index in [9.17, 15) is 19.8 Å². The number of alkyl halides is 1. The number of para-hydroxylation sites is 6. The van der Waals surface area contributed by atoms with Crippen LogP contribution >= 0.6 is 11.6 Å². The van der Waals surface area contributed by atoms with Crippen molar-refractivity contribution in [2.45, 2.75) is 39.9 Å². The first-order chi connectivity index (χ1) is 32.7. The molecular formula is C48H67ClN6O8. The third-order valence-corrected chi connectivity index (χ3v) is 10.6. The fourth-order valence-corrected chi connectivity index (χ4v) is 7.05. The molecule has 2 saturated heterocycles. The zero-order valence-corrected chi connectivity index (χ0v) is 37.5. The fourth-order valence-electron chi connectivity index (χ4n) is 6.98. The van der Waals surface area contributed by atoms with Crippen LogP contribution in [0, 0.1) is 27.7 Å².